The summed E-state index contributed by atoms with van der Waals surface area (Å²) in [5.41, 5.74) is 0.597. The zero-order chi connectivity index (χ0) is 15.0. The number of aromatic amines is 1. The highest BCUT2D eigenvalue weighted by Gasteiger charge is 2.39. The largest absolute Gasteiger partial charge is 0.433 e. The van der Waals surface area contributed by atoms with Crippen LogP contribution in [0.5, 0.6) is 0 Å². The highest BCUT2D eigenvalue weighted by molar-refractivity contribution is 6.00. The Balaban J connectivity index is 2.10. The third kappa shape index (κ3) is 2.61. The Hall–Kier alpha value is -2.37. The molecule has 0 saturated heterocycles. The van der Waals surface area contributed by atoms with E-state index < -0.39 is 11.9 Å². The van der Waals surface area contributed by atoms with Gasteiger partial charge in [-0.2, -0.15) is 18.3 Å². The Morgan fingerprint density at radius 3 is 2.52 bits per heavy atom. The molecule has 1 aliphatic carbocycles. The zero-order valence-corrected chi connectivity index (χ0v) is 10.9. The van der Waals surface area contributed by atoms with Crippen LogP contribution < -0.4 is 0 Å². The number of hydrogen-bond acceptors (Lipinski definition) is 2. The van der Waals surface area contributed by atoms with Gasteiger partial charge < -0.3 is 0 Å². The molecule has 0 atom stereocenters. The van der Waals surface area contributed by atoms with Crippen LogP contribution in [0.1, 0.15) is 28.9 Å². The summed E-state index contributed by atoms with van der Waals surface area (Å²) < 4.78 is 38.7. The first kappa shape index (κ1) is 13.6. The maximum absolute atomic E-state index is 12.9. The number of benzene rings is 1. The number of carbonyl (C=O) groups is 1. The lowest BCUT2D eigenvalue weighted by molar-refractivity contribution is -0.141. The van der Waals surface area contributed by atoms with Crippen LogP contribution in [0.15, 0.2) is 30.3 Å². The Bertz CT molecular complexity index is 714. The van der Waals surface area contributed by atoms with Crippen LogP contribution in [0.25, 0.3) is 11.6 Å². The SMILES string of the molecule is O=C1CC(=Cc2ccccc2)c2n[nH]c(C(F)(F)F)c2C1. The van der Waals surface area contributed by atoms with E-state index in [1.54, 1.807) is 6.08 Å². The molecule has 21 heavy (non-hydrogen) atoms. The summed E-state index contributed by atoms with van der Waals surface area (Å²) in [5.74, 6) is -0.239. The summed E-state index contributed by atoms with van der Waals surface area (Å²) in [5, 5.41) is 5.79. The summed E-state index contributed by atoms with van der Waals surface area (Å²) in [6, 6.07) is 9.13. The second-order valence-corrected chi connectivity index (χ2v) is 4.90. The van der Waals surface area contributed by atoms with Gasteiger partial charge in [0.15, 0.2) is 0 Å². The molecule has 0 bridgehead atoms. The molecule has 2 aromatic rings. The van der Waals surface area contributed by atoms with E-state index in [0.717, 1.165) is 5.56 Å². The molecule has 0 aliphatic heterocycles. The summed E-state index contributed by atoms with van der Waals surface area (Å²) in [4.78, 5) is 11.8. The van der Waals surface area contributed by atoms with E-state index in [1.807, 2.05) is 35.4 Å². The molecule has 1 aromatic carbocycles. The van der Waals surface area contributed by atoms with Gasteiger partial charge in [0.05, 0.1) is 5.69 Å². The van der Waals surface area contributed by atoms with E-state index in [-0.39, 0.29) is 29.9 Å². The summed E-state index contributed by atoms with van der Waals surface area (Å²) in [7, 11) is 0. The highest BCUT2D eigenvalue weighted by Crippen LogP contribution is 2.37. The molecular weight excluding hydrogens is 281 g/mol. The predicted octanol–water partition coefficient (Wildman–Crippen LogP) is 3.48. The van der Waals surface area contributed by atoms with Gasteiger partial charge >= 0.3 is 6.18 Å². The lowest BCUT2D eigenvalue weighted by Crippen LogP contribution is -2.16. The number of hydrogen-bond donors (Lipinski definition) is 1. The van der Waals surface area contributed by atoms with Gasteiger partial charge in [-0.1, -0.05) is 30.3 Å². The third-order valence-electron chi connectivity index (χ3n) is 3.36. The lowest BCUT2D eigenvalue weighted by Gasteiger charge is -2.15. The van der Waals surface area contributed by atoms with E-state index >= 15 is 0 Å². The average molecular weight is 292 g/mol. The van der Waals surface area contributed by atoms with Crippen LogP contribution >= 0.6 is 0 Å². The molecule has 0 fully saturated rings. The van der Waals surface area contributed by atoms with Crippen LogP contribution in [0.2, 0.25) is 0 Å². The number of nitrogens with one attached hydrogen (secondary N) is 1. The van der Waals surface area contributed by atoms with Gasteiger partial charge in [-0.25, -0.2) is 0 Å². The van der Waals surface area contributed by atoms with Crippen molar-refractivity contribution in [1.82, 2.24) is 10.2 Å². The number of carbonyl (C=O) groups excluding carboxylic acids is 1. The molecule has 3 rings (SSSR count). The fourth-order valence-corrected chi connectivity index (χ4v) is 2.46. The Morgan fingerprint density at radius 2 is 1.86 bits per heavy atom. The van der Waals surface area contributed by atoms with Crippen LogP contribution in [-0.4, -0.2) is 16.0 Å². The van der Waals surface area contributed by atoms with Crippen LogP contribution in [0.3, 0.4) is 0 Å². The number of aromatic nitrogens is 2. The Morgan fingerprint density at radius 1 is 1.14 bits per heavy atom. The molecule has 0 saturated carbocycles. The topological polar surface area (TPSA) is 45.8 Å². The second kappa shape index (κ2) is 4.87. The maximum Gasteiger partial charge on any atom is 0.433 e. The number of ketones is 1. The Kier molecular flexibility index (Phi) is 3.16. The Labute approximate surface area is 118 Å². The monoisotopic (exact) mass is 292 g/mol. The number of allylic oxidation sites excluding steroid dienone is 1. The molecular formula is C15H11F3N2O. The van der Waals surface area contributed by atoms with Crippen molar-refractivity contribution in [3.63, 3.8) is 0 Å². The molecule has 108 valence electrons. The summed E-state index contributed by atoms with van der Waals surface area (Å²) >= 11 is 0. The molecule has 3 nitrogen and oxygen atoms in total. The standard InChI is InChI=1S/C15H11F3N2O/c16-15(17,18)14-12-8-11(21)7-10(13(12)19-20-14)6-9-4-2-1-3-5-9/h1-6H,7-8H2,(H,19,20). The number of Topliss-reactive ketones (excluding diaryl/α,β-unsaturated/α-hetero) is 1. The number of fused-ring (bicyclic) bond motifs is 1. The maximum atomic E-state index is 12.9. The lowest BCUT2D eigenvalue weighted by atomic mass is 9.89. The number of alkyl halides is 3. The van der Waals surface area contributed by atoms with Gasteiger partial charge in [0.1, 0.15) is 11.5 Å². The zero-order valence-electron chi connectivity index (χ0n) is 10.9. The highest BCUT2D eigenvalue weighted by atomic mass is 19.4. The van der Waals surface area contributed by atoms with Crippen molar-refractivity contribution < 1.29 is 18.0 Å². The first-order valence-corrected chi connectivity index (χ1v) is 6.37. The predicted molar refractivity (Wildman–Crippen MR) is 71.2 cm³/mol. The van der Waals surface area contributed by atoms with Gasteiger partial charge in [0.25, 0.3) is 0 Å². The molecule has 1 aromatic heterocycles. The van der Waals surface area contributed by atoms with Gasteiger partial charge in [-0.3, -0.25) is 9.89 Å². The normalized spacial score (nSPS) is 17.1. The minimum absolute atomic E-state index is 0.0547. The molecule has 1 heterocycles. The summed E-state index contributed by atoms with van der Waals surface area (Å²) in [6.07, 6.45) is -2.95. The first-order chi connectivity index (χ1) is 9.95. The molecule has 1 aliphatic rings. The van der Waals surface area contributed by atoms with Gasteiger partial charge in [0.2, 0.25) is 0 Å². The number of H-pyrrole nitrogens is 1. The number of rotatable bonds is 1. The smallest absolute Gasteiger partial charge is 0.299 e. The van der Waals surface area contributed by atoms with Crippen molar-refractivity contribution in [2.24, 2.45) is 0 Å². The van der Waals surface area contributed by atoms with Gasteiger partial charge in [-0.05, 0) is 17.2 Å². The summed E-state index contributed by atoms with van der Waals surface area (Å²) in [6.45, 7) is 0. The molecule has 0 radical (unpaired) electrons. The van der Waals surface area contributed by atoms with Crippen molar-refractivity contribution in [2.45, 2.75) is 19.0 Å². The van der Waals surface area contributed by atoms with E-state index in [2.05, 4.69) is 5.10 Å². The quantitative estimate of drug-likeness (QED) is 0.874. The number of halogens is 3. The van der Waals surface area contributed by atoms with E-state index in [1.165, 1.54) is 0 Å². The molecule has 0 unspecified atom stereocenters. The third-order valence-corrected chi connectivity index (χ3v) is 3.36. The van der Waals surface area contributed by atoms with Crippen molar-refractivity contribution in [1.29, 1.82) is 0 Å². The molecule has 6 heteroatoms. The first-order valence-electron chi connectivity index (χ1n) is 6.37. The van der Waals surface area contributed by atoms with Gasteiger partial charge in [0, 0.05) is 18.4 Å². The average Bonchev–Trinajstić information content (AvgIpc) is 2.83. The minimum Gasteiger partial charge on any atom is -0.299 e. The van der Waals surface area contributed by atoms with Crippen LogP contribution in [0.4, 0.5) is 13.2 Å². The molecule has 1 N–H and O–H groups in total. The van der Waals surface area contributed by atoms with E-state index in [4.69, 9.17) is 0 Å². The fraction of sp³-hybridized carbons (Fsp3) is 0.200. The van der Waals surface area contributed by atoms with Gasteiger partial charge in [-0.15, -0.1) is 0 Å². The van der Waals surface area contributed by atoms with E-state index in [0.29, 0.717) is 5.57 Å². The van der Waals surface area contributed by atoms with Crippen molar-refractivity contribution >= 4 is 17.4 Å². The molecule has 0 spiro atoms. The van der Waals surface area contributed by atoms with Crippen molar-refractivity contribution in [3.05, 3.63) is 52.8 Å². The number of nitrogens with zero attached hydrogens (tertiary/aromatic N) is 1. The van der Waals surface area contributed by atoms with Crippen molar-refractivity contribution in [3.8, 4) is 0 Å². The second-order valence-electron chi connectivity index (χ2n) is 4.90. The van der Waals surface area contributed by atoms with Crippen LogP contribution in [-0.2, 0) is 17.4 Å². The van der Waals surface area contributed by atoms with E-state index in [9.17, 15) is 18.0 Å². The minimum atomic E-state index is -4.53. The fourth-order valence-electron chi connectivity index (χ4n) is 2.46. The van der Waals surface area contributed by atoms with Crippen LogP contribution in [0, 0.1) is 0 Å². The molecule has 0 amide bonds. The van der Waals surface area contributed by atoms with Crippen molar-refractivity contribution in [2.75, 3.05) is 0 Å².